The Morgan fingerprint density at radius 3 is 2.62 bits per heavy atom. The Kier molecular flexibility index (Phi) is 4.16. The highest BCUT2D eigenvalue weighted by Gasteiger charge is 2.11. The number of benzene rings is 1. The molecule has 0 fully saturated rings. The van der Waals surface area contributed by atoms with Crippen molar-refractivity contribution in [2.24, 2.45) is 0 Å². The highest BCUT2D eigenvalue weighted by Crippen LogP contribution is 2.27. The maximum atomic E-state index is 4.76. The number of rotatable bonds is 5. The van der Waals surface area contributed by atoms with Gasteiger partial charge in [-0.1, -0.05) is 36.4 Å². The standard InChI is InChI=1S/C19H16N4S/c1-2-6-15(7-3-1)17-14-24-19(22-17)18-21-11-13-23(18)12-9-16-8-4-5-10-20-16/h1-8,10-11,13-14H,9,12H2. The first-order chi connectivity index (χ1) is 11.9. The number of pyridine rings is 1. The van der Waals surface area contributed by atoms with E-state index in [1.807, 2.05) is 55.0 Å². The van der Waals surface area contributed by atoms with Crippen molar-refractivity contribution >= 4 is 11.3 Å². The molecule has 0 saturated carbocycles. The van der Waals surface area contributed by atoms with Gasteiger partial charge in [0.2, 0.25) is 0 Å². The van der Waals surface area contributed by atoms with Crippen LogP contribution in [0.1, 0.15) is 5.69 Å². The minimum atomic E-state index is 0.840. The summed E-state index contributed by atoms with van der Waals surface area (Å²) in [6.07, 6.45) is 6.54. The highest BCUT2D eigenvalue weighted by atomic mass is 32.1. The van der Waals surface area contributed by atoms with Crippen LogP contribution >= 0.6 is 11.3 Å². The van der Waals surface area contributed by atoms with E-state index in [4.69, 9.17) is 4.98 Å². The summed E-state index contributed by atoms with van der Waals surface area (Å²) in [5.74, 6) is 0.915. The molecule has 1 aromatic carbocycles. The minimum Gasteiger partial charge on any atom is -0.329 e. The Balaban J connectivity index is 1.55. The van der Waals surface area contributed by atoms with Gasteiger partial charge in [-0.2, -0.15) is 0 Å². The molecular weight excluding hydrogens is 316 g/mol. The lowest BCUT2D eigenvalue weighted by atomic mass is 10.2. The van der Waals surface area contributed by atoms with Crippen LogP contribution in [0.5, 0.6) is 0 Å². The third-order valence-electron chi connectivity index (χ3n) is 3.82. The fourth-order valence-electron chi connectivity index (χ4n) is 2.59. The van der Waals surface area contributed by atoms with Crippen molar-refractivity contribution in [1.82, 2.24) is 19.5 Å². The largest absolute Gasteiger partial charge is 0.329 e. The zero-order valence-electron chi connectivity index (χ0n) is 13.0. The van der Waals surface area contributed by atoms with Crippen LogP contribution in [0.15, 0.2) is 72.5 Å². The van der Waals surface area contributed by atoms with E-state index < -0.39 is 0 Å². The van der Waals surface area contributed by atoms with Crippen molar-refractivity contribution in [2.75, 3.05) is 0 Å². The zero-order chi connectivity index (χ0) is 16.2. The molecule has 0 N–H and O–H groups in total. The number of nitrogens with zero attached hydrogens (tertiary/aromatic N) is 4. The average Bonchev–Trinajstić information content (AvgIpc) is 3.31. The van der Waals surface area contributed by atoms with E-state index in [9.17, 15) is 0 Å². The van der Waals surface area contributed by atoms with E-state index >= 15 is 0 Å². The first-order valence-electron chi connectivity index (χ1n) is 7.82. The smallest absolute Gasteiger partial charge is 0.169 e. The van der Waals surface area contributed by atoms with Crippen molar-refractivity contribution in [3.8, 4) is 22.1 Å². The molecular formula is C19H16N4S. The molecule has 118 valence electrons. The first-order valence-corrected chi connectivity index (χ1v) is 8.70. The Morgan fingerprint density at radius 1 is 0.917 bits per heavy atom. The number of aromatic nitrogens is 4. The second kappa shape index (κ2) is 6.76. The molecule has 4 aromatic rings. The van der Waals surface area contributed by atoms with E-state index in [1.165, 1.54) is 0 Å². The van der Waals surface area contributed by atoms with Gasteiger partial charge in [0.1, 0.15) is 0 Å². The number of hydrogen-bond acceptors (Lipinski definition) is 4. The van der Waals surface area contributed by atoms with E-state index in [0.29, 0.717) is 0 Å². The lowest BCUT2D eigenvalue weighted by Gasteiger charge is -2.05. The van der Waals surface area contributed by atoms with Gasteiger partial charge in [0, 0.05) is 48.2 Å². The molecule has 24 heavy (non-hydrogen) atoms. The molecule has 0 atom stereocenters. The van der Waals surface area contributed by atoms with Gasteiger partial charge in [0.15, 0.2) is 10.8 Å². The van der Waals surface area contributed by atoms with Crippen LogP contribution in [0.2, 0.25) is 0 Å². The van der Waals surface area contributed by atoms with Gasteiger partial charge in [-0.25, -0.2) is 9.97 Å². The van der Waals surface area contributed by atoms with Crippen LogP contribution < -0.4 is 0 Å². The van der Waals surface area contributed by atoms with Crippen molar-refractivity contribution in [3.63, 3.8) is 0 Å². The Bertz CT molecular complexity index is 913. The van der Waals surface area contributed by atoms with Crippen LogP contribution in [-0.4, -0.2) is 19.5 Å². The van der Waals surface area contributed by atoms with Gasteiger partial charge >= 0.3 is 0 Å². The molecule has 0 aliphatic carbocycles. The second-order valence-corrected chi connectivity index (χ2v) is 6.28. The molecule has 0 amide bonds. The molecule has 3 heterocycles. The van der Waals surface area contributed by atoms with Crippen molar-refractivity contribution in [2.45, 2.75) is 13.0 Å². The first kappa shape index (κ1) is 14.8. The van der Waals surface area contributed by atoms with Gasteiger partial charge in [-0.15, -0.1) is 11.3 Å². The van der Waals surface area contributed by atoms with Crippen LogP contribution in [-0.2, 0) is 13.0 Å². The molecule has 0 aliphatic rings. The van der Waals surface area contributed by atoms with Crippen molar-refractivity contribution in [3.05, 3.63) is 78.2 Å². The SMILES string of the molecule is c1ccc(-c2csc(-c3nccn3CCc3ccccn3)n2)cc1. The van der Waals surface area contributed by atoms with Gasteiger partial charge in [0.25, 0.3) is 0 Å². The molecule has 0 spiro atoms. The summed E-state index contributed by atoms with van der Waals surface area (Å²) < 4.78 is 2.14. The predicted molar refractivity (Wildman–Crippen MR) is 96.7 cm³/mol. The van der Waals surface area contributed by atoms with E-state index in [0.717, 1.165) is 40.7 Å². The third kappa shape index (κ3) is 3.12. The van der Waals surface area contributed by atoms with Crippen LogP contribution in [0.25, 0.3) is 22.1 Å². The topological polar surface area (TPSA) is 43.6 Å². The Hall–Kier alpha value is -2.79. The molecule has 5 heteroatoms. The average molecular weight is 332 g/mol. The van der Waals surface area contributed by atoms with E-state index in [-0.39, 0.29) is 0 Å². The monoisotopic (exact) mass is 332 g/mol. The minimum absolute atomic E-state index is 0.840. The molecule has 0 unspecified atom stereocenters. The summed E-state index contributed by atoms with van der Waals surface area (Å²) >= 11 is 1.63. The molecule has 3 aromatic heterocycles. The van der Waals surface area contributed by atoms with E-state index in [1.54, 1.807) is 11.3 Å². The quantitative estimate of drug-likeness (QED) is 0.547. The normalized spacial score (nSPS) is 10.8. The van der Waals surface area contributed by atoms with Crippen LogP contribution in [0.3, 0.4) is 0 Å². The van der Waals surface area contributed by atoms with Gasteiger partial charge < -0.3 is 4.57 Å². The Labute approximate surface area is 144 Å². The number of hydrogen-bond donors (Lipinski definition) is 0. The lowest BCUT2D eigenvalue weighted by molar-refractivity contribution is 0.691. The van der Waals surface area contributed by atoms with Gasteiger partial charge in [-0.05, 0) is 12.1 Å². The molecule has 4 rings (SSSR count). The van der Waals surface area contributed by atoms with Crippen molar-refractivity contribution in [1.29, 1.82) is 0 Å². The fraction of sp³-hybridized carbons (Fsp3) is 0.105. The molecule has 0 radical (unpaired) electrons. The summed E-state index contributed by atoms with van der Waals surface area (Å²) in [5, 5.41) is 3.03. The summed E-state index contributed by atoms with van der Waals surface area (Å²) in [7, 11) is 0. The number of aryl methyl sites for hydroxylation is 2. The van der Waals surface area contributed by atoms with Crippen LogP contribution in [0.4, 0.5) is 0 Å². The molecule has 0 aliphatic heterocycles. The lowest BCUT2D eigenvalue weighted by Crippen LogP contribution is -2.03. The third-order valence-corrected chi connectivity index (χ3v) is 4.65. The van der Waals surface area contributed by atoms with Crippen LogP contribution in [0, 0.1) is 0 Å². The Morgan fingerprint density at radius 2 is 1.79 bits per heavy atom. The molecule has 0 bridgehead atoms. The maximum Gasteiger partial charge on any atom is 0.169 e. The molecule has 4 nitrogen and oxygen atoms in total. The second-order valence-electron chi connectivity index (χ2n) is 5.42. The number of imidazole rings is 1. The van der Waals surface area contributed by atoms with Gasteiger partial charge in [-0.3, -0.25) is 4.98 Å². The summed E-state index contributed by atoms with van der Waals surface area (Å²) in [6, 6.07) is 16.2. The maximum absolute atomic E-state index is 4.76. The zero-order valence-corrected chi connectivity index (χ0v) is 13.9. The summed E-state index contributed by atoms with van der Waals surface area (Å²) in [6.45, 7) is 0.840. The van der Waals surface area contributed by atoms with Crippen molar-refractivity contribution < 1.29 is 0 Å². The molecule has 0 saturated heterocycles. The summed E-state index contributed by atoms with van der Waals surface area (Å²) in [4.78, 5) is 13.6. The van der Waals surface area contributed by atoms with E-state index in [2.05, 4.69) is 32.0 Å². The fourth-order valence-corrected chi connectivity index (χ4v) is 3.43. The predicted octanol–water partition coefficient (Wildman–Crippen LogP) is 4.31. The highest BCUT2D eigenvalue weighted by molar-refractivity contribution is 7.13. The van der Waals surface area contributed by atoms with Gasteiger partial charge in [0.05, 0.1) is 5.69 Å². The summed E-state index contributed by atoms with van der Waals surface area (Å²) in [5.41, 5.74) is 3.21. The number of thiazole rings is 1.